The van der Waals surface area contributed by atoms with Crippen LogP contribution in [0.4, 0.5) is 0 Å². The Labute approximate surface area is 87.8 Å². The third-order valence-corrected chi connectivity index (χ3v) is 2.91. The molecule has 0 aromatic heterocycles. The van der Waals surface area contributed by atoms with Crippen molar-refractivity contribution in [3.63, 3.8) is 0 Å². The zero-order valence-corrected chi connectivity index (χ0v) is 9.35. The summed E-state index contributed by atoms with van der Waals surface area (Å²) < 4.78 is 5.64. The van der Waals surface area contributed by atoms with E-state index in [0.717, 1.165) is 25.2 Å². The molecule has 1 heteroatoms. The zero-order chi connectivity index (χ0) is 10.4. The van der Waals surface area contributed by atoms with Crippen molar-refractivity contribution in [3.8, 4) is 0 Å². The van der Waals surface area contributed by atoms with Crippen molar-refractivity contribution in [2.45, 2.75) is 45.4 Å². The first kappa shape index (κ1) is 11.4. The van der Waals surface area contributed by atoms with Crippen molar-refractivity contribution in [2.24, 2.45) is 5.92 Å². The average Bonchev–Trinajstić information content (AvgIpc) is 2.18. The summed E-state index contributed by atoms with van der Waals surface area (Å²) in [6, 6.07) is 0. The van der Waals surface area contributed by atoms with Gasteiger partial charge in [-0.25, -0.2) is 0 Å². The Morgan fingerprint density at radius 1 is 1.50 bits per heavy atom. The Kier molecular flexibility index (Phi) is 4.78. The molecule has 1 unspecified atom stereocenters. The first-order valence-electron chi connectivity index (χ1n) is 5.75. The fourth-order valence-corrected chi connectivity index (χ4v) is 1.92. The van der Waals surface area contributed by atoms with Crippen LogP contribution >= 0.6 is 0 Å². The molecule has 0 aromatic rings. The van der Waals surface area contributed by atoms with Crippen molar-refractivity contribution in [1.29, 1.82) is 0 Å². The van der Waals surface area contributed by atoms with Gasteiger partial charge in [0.25, 0.3) is 0 Å². The molecule has 1 fully saturated rings. The lowest BCUT2D eigenvalue weighted by Gasteiger charge is -2.26. The van der Waals surface area contributed by atoms with Gasteiger partial charge in [-0.15, -0.1) is 0 Å². The molecule has 80 valence electrons. The van der Waals surface area contributed by atoms with Crippen LogP contribution in [0.5, 0.6) is 0 Å². The molecular weight excluding hydrogens is 172 g/mol. The molecule has 0 heterocycles. The van der Waals surface area contributed by atoms with Gasteiger partial charge >= 0.3 is 0 Å². The van der Waals surface area contributed by atoms with Crippen LogP contribution in [0.2, 0.25) is 0 Å². The quantitative estimate of drug-likeness (QED) is 0.364. The number of rotatable bonds is 5. The van der Waals surface area contributed by atoms with Crippen molar-refractivity contribution in [2.75, 3.05) is 6.61 Å². The lowest BCUT2D eigenvalue weighted by molar-refractivity contribution is 0.174. The molecule has 1 aliphatic carbocycles. The molecule has 0 amide bonds. The van der Waals surface area contributed by atoms with Crippen molar-refractivity contribution in [1.82, 2.24) is 0 Å². The van der Waals surface area contributed by atoms with Gasteiger partial charge < -0.3 is 4.74 Å². The van der Waals surface area contributed by atoms with Crippen LogP contribution in [0.1, 0.15) is 45.4 Å². The lowest BCUT2D eigenvalue weighted by Crippen LogP contribution is -2.13. The van der Waals surface area contributed by atoms with E-state index in [9.17, 15) is 0 Å². The van der Waals surface area contributed by atoms with Crippen molar-refractivity contribution >= 4 is 0 Å². The number of ether oxygens (including phenoxy) is 1. The van der Waals surface area contributed by atoms with E-state index in [0.29, 0.717) is 5.92 Å². The minimum absolute atomic E-state index is 0.431. The van der Waals surface area contributed by atoms with Gasteiger partial charge in [-0.1, -0.05) is 38.5 Å². The van der Waals surface area contributed by atoms with Gasteiger partial charge in [0.15, 0.2) is 0 Å². The summed E-state index contributed by atoms with van der Waals surface area (Å²) in [7, 11) is 0. The summed E-state index contributed by atoms with van der Waals surface area (Å²) in [6.07, 6.45) is 7.22. The van der Waals surface area contributed by atoms with E-state index in [1.54, 1.807) is 0 Å². The van der Waals surface area contributed by atoms with Crippen LogP contribution in [-0.4, -0.2) is 6.61 Å². The fourth-order valence-electron chi connectivity index (χ4n) is 1.92. The smallest absolute Gasteiger partial charge is 0.0959 e. The molecule has 0 saturated heterocycles. The molecule has 1 saturated carbocycles. The van der Waals surface area contributed by atoms with E-state index in [1.807, 2.05) is 0 Å². The predicted octanol–water partition coefficient (Wildman–Crippen LogP) is 4.06. The SMILES string of the molecule is C=C1CCCCC1C(=C)OCCCC. The Bertz CT molecular complexity index is 205. The molecule has 14 heavy (non-hydrogen) atoms. The molecule has 0 radical (unpaired) electrons. The molecule has 1 rings (SSSR count). The maximum Gasteiger partial charge on any atom is 0.0959 e. The summed E-state index contributed by atoms with van der Waals surface area (Å²) in [5, 5.41) is 0. The Morgan fingerprint density at radius 2 is 2.29 bits per heavy atom. The second kappa shape index (κ2) is 5.90. The van der Waals surface area contributed by atoms with Gasteiger partial charge in [-0.2, -0.15) is 0 Å². The Hall–Kier alpha value is -0.720. The second-order valence-electron chi connectivity index (χ2n) is 4.12. The molecule has 1 aliphatic rings. The summed E-state index contributed by atoms with van der Waals surface area (Å²) >= 11 is 0. The largest absolute Gasteiger partial charge is 0.498 e. The standard InChI is InChI=1S/C13H22O/c1-4-5-10-14-12(3)13-9-7-6-8-11(13)2/h13H,2-10H2,1H3. The van der Waals surface area contributed by atoms with Crippen molar-refractivity contribution < 1.29 is 4.74 Å². The van der Waals surface area contributed by atoms with E-state index in [-0.39, 0.29) is 0 Å². The summed E-state index contributed by atoms with van der Waals surface area (Å²) in [6.45, 7) is 11.1. The third-order valence-electron chi connectivity index (χ3n) is 2.91. The molecule has 0 aliphatic heterocycles. The molecule has 0 aromatic carbocycles. The monoisotopic (exact) mass is 194 g/mol. The van der Waals surface area contributed by atoms with Crippen LogP contribution in [0, 0.1) is 5.92 Å². The highest BCUT2D eigenvalue weighted by atomic mass is 16.5. The van der Waals surface area contributed by atoms with Gasteiger partial charge in [0.2, 0.25) is 0 Å². The van der Waals surface area contributed by atoms with Crippen LogP contribution in [0.25, 0.3) is 0 Å². The Morgan fingerprint density at radius 3 is 2.93 bits per heavy atom. The normalized spacial score (nSPS) is 22.1. The average molecular weight is 194 g/mol. The second-order valence-corrected chi connectivity index (χ2v) is 4.12. The molecule has 0 bridgehead atoms. The number of unbranched alkanes of at least 4 members (excludes halogenated alkanes) is 1. The summed E-state index contributed by atoms with van der Waals surface area (Å²) in [4.78, 5) is 0. The highest BCUT2D eigenvalue weighted by Gasteiger charge is 2.20. The van der Waals surface area contributed by atoms with E-state index in [4.69, 9.17) is 4.74 Å². The maximum absolute atomic E-state index is 5.64. The zero-order valence-electron chi connectivity index (χ0n) is 9.35. The van der Waals surface area contributed by atoms with Gasteiger partial charge in [0.05, 0.1) is 12.4 Å². The van der Waals surface area contributed by atoms with Gasteiger partial charge in [0.1, 0.15) is 0 Å². The summed E-state index contributed by atoms with van der Waals surface area (Å²) in [5.74, 6) is 1.38. The summed E-state index contributed by atoms with van der Waals surface area (Å²) in [5.41, 5.74) is 1.32. The predicted molar refractivity (Wildman–Crippen MR) is 61.1 cm³/mol. The van der Waals surface area contributed by atoms with Crippen LogP contribution < -0.4 is 0 Å². The van der Waals surface area contributed by atoms with E-state index in [1.165, 1.54) is 31.3 Å². The fraction of sp³-hybridized carbons (Fsp3) is 0.692. The van der Waals surface area contributed by atoms with Gasteiger partial charge in [-0.3, -0.25) is 0 Å². The maximum atomic E-state index is 5.64. The van der Waals surface area contributed by atoms with E-state index >= 15 is 0 Å². The number of hydrogen-bond donors (Lipinski definition) is 0. The topological polar surface area (TPSA) is 9.23 Å². The lowest BCUT2D eigenvalue weighted by atomic mass is 9.84. The van der Waals surface area contributed by atoms with Crippen LogP contribution in [-0.2, 0) is 4.74 Å². The van der Waals surface area contributed by atoms with Crippen LogP contribution in [0.15, 0.2) is 24.5 Å². The van der Waals surface area contributed by atoms with E-state index < -0.39 is 0 Å². The Balaban J connectivity index is 2.31. The molecule has 0 spiro atoms. The minimum Gasteiger partial charge on any atom is -0.498 e. The van der Waals surface area contributed by atoms with Gasteiger partial charge in [-0.05, 0) is 25.7 Å². The van der Waals surface area contributed by atoms with Crippen molar-refractivity contribution in [3.05, 3.63) is 24.5 Å². The first-order valence-corrected chi connectivity index (χ1v) is 5.75. The highest BCUT2D eigenvalue weighted by Crippen LogP contribution is 2.33. The number of hydrogen-bond acceptors (Lipinski definition) is 1. The molecule has 1 atom stereocenters. The molecule has 0 N–H and O–H groups in total. The van der Waals surface area contributed by atoms with Crippen LogP contribution in [0.3, 0.4) is 0 Å². The molecule has 1 nitrogen and oxygen atoms in total. The van der Waals surface area contributed by atoms with Gasteiger partial charge in [0, 0.05) is 5.92 Å². The van der Waals surface area contributed by atoms with E-state index in [2.05, 4.69) is 20.1 Å². The highest BCUT2D eigenvalue weighted by molar-refractivity contribution is 5.14. The first-order chi connectivity index (χ1) is 6.75. The third kappa shape index (κ3) is 3.21. The number of allylic oxidation sites excluding steroid dienone is 1. The molecular formula is C13H22O. The minimum atomic E-state index is 0.431.